The summed E-state index contributed by atoms with van der Waals surface area (Å²) in [5.41, 5.74) is 0. The minimum absolute atomic E-state index is 0.540. The molecule has 0 radical (unpaired) electrons. The predicted molar refractivity (Wildman–Crippen MR) is 83.9 cm³/mol. The molecule has 0 heterocycles. The van der Waals surface area contributed by atoms with E-state index in [2.05, 4.69) is 72.6 Å². The van der Waals surface area contributed by atoms with Gasteiger partial charge in [-0.05, 0) is 37.6 Å². The Balaban J connectivity index is 4.22. The fourth-order valence-corrected chi connectivity index (χ4v) is 1.88. The van der Waals surface area contributed by atoms with E-state index in [9.17, 15) is 0 Å². The first-order valence-corrected chi connectivity index (χ1v) is 7.68. The van der Waals surface area contributed by atoms with Gasteiger partial charge in [0, 0.05) is 12.6 Å². The minimum atomic E-state index is 0.540. The van der Waals surface area contributed by atoms with Crippen LogP contribution in [0.2, 0.25) is 0 Å². The van der Waals surface area contributed by atoms with Crippen LogP contribution in [-0.4, -0.2) is 24.5 Å². The van der Waals surface area contributed by atoms with Gasteiger partial charge in [-0.2, -0.15) is 0 Å². The van der Waals surface area contributed by atoms with E-state index < -0.39 is 0 Å². The molecule has 1 nitrogen and oxygen atoms in total. The first-order valence-electron chi connectivity index (χ1n) is 7.68. The van der Waals surface area contributed by atoms with Crippen molar-refractivity contribution in [1.82, 2.24) is 4.90 Å². The molecule has 0 aromatic heterocycles. The molecule has 0 saturated heterocycles. The van der Waals surface area contributed by atoms with Gasteiger partial charge in [-0.25, -0.2) is 0 Å². The molecule has 0 aromatic rings. The third-order valence-corrected chi connectivity index (χ3v) is 4.64. The summed E-state index contributed by atoms with van der Waals surface area (Å²) in [5.74, 6) is 3.00. The summed E-state index contributed by atoms with van der Waals surface area (Å²) < 4.78 is 0. The maximum atomic E-state index is 2.46. The highest BCUT2D eigenvalue weighted by atomic mass is 15.1. The van der Waals surface area contributed by atoms with Crippen molar-refractivity contribution in [3.63, 3.8) is 0 Å². The molecule has 18 heavy (non-hydrogen) atoms. The van der Waals surface area contributed by atoms with Crippen LogP contribution < -0.4 is 0 Å². The molecule has 0 aliphatic carbocycles. The smallest absolute Gasteiger partial charge is 0.0247 e. The number of hydrogen-bond donors (Lipinski definition) is 0. The van der Waals surface area contributed by atoms with Gasteiger partial charge in [0.2, 0.25) is 0 Å². The second-order valence-corrected chi connectivity index (χ2v) is 6.53. The first-order chi connectivity index (χ1) is 8.29. The minimum Gasteiger partial charge on any atom is -0.300 e. The lowest BCUT2D eigenvalue weighted by Gasteiger charge is -2.27. The highest BCUT2D eigenvalue weighted by Crippen LogP contribution is 2.17. The quantitative estimate of drug-likeness (QED) is 0.560. The molecule has 4 unspecified atom stereocenters. The molecule has 4 atom stereocenters. The normalized spacial score (nSPS) is 19.4. The second kappa shape index (κ2) is 8.74. The summed E-state index contributed by atoms with van der Waals surface area (Å²) in [6, 6.07) is 0.540. The van der Waals surface area contributed by atoms with Crippen molar-refractivity contribution in [3.8, 4) is 0 Å². The third-order valence-electron chi connectivity index (χ3n) is 4.64. The lowest BCUT2D eigenvalue weighted by Crippen LogP contribution is -2.33. The van der Waals surface area contributed by atoms with E-state index in [0.717, 1.165) is 17.8 Å². The zero-order valence-corrected chi connectivity index (χ0v) is 13.9. The standard InChI is InChI=1S/C17H35N/c1-9-14(4)15(5)10-11-17(7)18(8)12-16(6)13(2)3/h10-11,13-17H,9,12H2,1-8H3/b11-10+. The summed E-state index contributed by atoms with van der Waals surface area (Å²) in [4.78, 5) is 2.46. The van der Waals surface area contributed by atoms with E-state index >= 15 is 0 Å². The molecule has 0 aromatic carbocycles. The highest BCUT2D eigenvalue weighted by molar-refractivity contribution is 4.95. The van der Waals surface area contributed by atoms with Crippen LogP contribution in [0.15, 0.2) is 12.2 Å². The van der Waals surface area contributed by atoms with Crippen LogP contribution in [0.4, 0.5) is 0 Å². The van der Waals surface area contributed by atoms with E-state index in [4.69, 9.17) is 0 Å². The van der Waals surface area contributed by atoms with Crippen LogP contribution in [-0.2, 0) is 0 Å². The lowest BCUT2D eigenvalue weighted by molar-refractivity contribution is 0.225. The maximum absolute atomic E-state index is 2.46. The third kappa shape index (κ3) is 6.58. The van der Waals surface area contributed by atoms with Crippen molar-refractivity contribution in [1.29, 1.82) is 0 Å². The maximum Gasteiger partial charge on any atom is 0.0247 e. The number of likely N-dealkylation sites (N-methyl/N-ethyl adjacent to an activating group) is 1. The summed E-state index contributed by atoms with van der Waals surface area (Å²) >= 11 is 0. The zero-order valence-electron chi connectivity index (χ0n) is 13.9. The van der Waals surface area contributed by atoms with E-state index in [1.54, 1.807) is 0 Å². The predicted octanol–water partition coefficient (Wildman–Crippen LogP) is 4.84. The molecule has 0 fully saturated rings. The number of rotatable bonds is 8. The van der Waals surface area contributed by atoms with E-state index in [-0.39, 0.29) is 0 Å². The van der Waals surface area contributed by atoms with E-state index in [0.29, 0.717) is 12.0 Å². The van der Waals surface area contributed by atoms with Gasteiger partial charge in [-0.3, -0.25) is 4.90 Å². The summed E-state index contributed by atoms with van der Waals surface area (Å²) in [5, 5.41) is 0. The zero-order chi connectivity index (χ0) is 14.3. The van der Waals surface area contributed by atoms with Crippen LogP contribution in [0, 0.1) is 23.7 Å². The van der Waals surface area contributed by atoms with Crippen molar-refractivity contribution < 1.29 is 0 Å². The summed E-state index contributed by atoms with van der Waals surface area (Å²) in [6.45, 7) is 17.4. The molecule has 0 N–H and O–H groups in total. The Hall–Kier alpha value is -0.300. The van der Waals surface area contributed by atoms with Crippen LogP contribution in [0.1, 0.15) is 54.9 Å². The Morgan fingerprint density at radius 1 is 0.889 bits per heavy atom. The van der Waals surface area contributed by atoms with Crippen molar-refractivity contribution in [2.75, 3.05) is 13.6 Å². The van der Waals surface area contributed by atoms with Crippen LogP contribution in [0.25, 0.3) is 0 Å². The van der Waals surface area contributed by atoms with Crippen molar-refractivity contribution in [3.05, 3.63) is 12.2 Å². The topological polar surface area (TPSA) is 3.24 Å². The highest BCUT2D eigenvalue weighted by Gasteiger charge is 2.13. The monoisotopic (exact) mass is 253 g/mol. The second-order valence-electron chi connectivity index (χ2n) is 6.53. The molecular formula is C17H35N. The van der Waals surface area contributed by atoms with Gasteiger partial charge in [0.25, 0.3) is 0 Å². The van der Waals surface area contributed by atoms with Crippen molar-refractivity contribution in [2.24, 2.45) is 23.7 Å². The van der Waals surface area contributed by atoms with E-state index in [1.165, 1.54) is 13.0 Å². The SMILES string of the molecule is CCC(C)C(C)/C=C/C(C)N(C)CC(C)C(C)C. The Morgan fingerprint density at radius 2 is 1.44 bits per heavy atom. The summed E-state index contributed by atoms with van der Waals surface area (Å²) in [7, 11) is 2.24. The molecular weight excluding hydrogens is 218 g/mol. The average Bonchev–Trinajstić information content (AvgIpc) is 2.33. The summed E-state index contributed by atoms with van der Waals surface area (Å²) in [6.07, 6.45) is 6.04. The Bertz CT molecular complexity index is 232. The van der Waals surface area contributed by atoms with Crippen LogP contribution in [0.5, 0.6) is 0 Å². The Kier molecular flexibility index (Phi) is 8.60. The Morgan fingerprint density at radius 3 is 1.89 bits per heavy atom. The molecule has 0 saturated carbocycles. The Labute approximate surface area is 116 Å². The van der Waals surface area contributed by atoms with Gasteiger partial charge < -0.3 is 0 Å². The molecule has 0 bridgehead atoms. The van der Waals surface area contributed by atoms with E-state index in [1.807, 2.05) is 0 Å². The number of hydrogen-bond acceptors (Lipinski definition) is 1. The molecule has 0 aliphatic heterocycles. The van der Waals surface area contributed by atoms with Gasteiger partial charge in [-0.15, -0.1) is 0 Å². The largest absolute Gasteiger partial charge is 0.300 e. The van der Waals surface area contributed by atoms with Gasteiger partial charge in [0.15, 0.2) is 0 Å². The molecule has 0 amide bonds. The molecule has 0 rings (SSSR count). The number of nitrogens with zero attached hydrogens (tertiary/aromatic N) is 1. The fraction of sp³-hybridized carbons (Fsp3) is 0.882. The number of allylic oxidation sites excluding steroid dienone is 1. The van der Waals surface area contributed by atoms with Crippen molar-refractivity contribution in [2.45, 2.75) is 60.9 Å². The molecule has 0 aliphatic rings. The fourth-order valence-electron chi connectivity index (χ4n) is 1.88. The first kappa shape index (κ1) is 17.7. The van der Waals surface area contributed by atoms with Gasteiger partial charge in [-0.1, -0.05) is 60.1 Å². The molecule has 0 spiro atoms. The van der Waals surface area contributed by atoms with Gasteiger partial charge in [0.05, 0.1) is 0 Å². The van der Waals surface area contributed by atoms with Crippen LogP contribution in [0.3, 0.4) is 0 Å². The molecule has 1 heteroatoms. The average molecular weight is 253 g/mol. The van der Waals surface area contributed by atoms with Crippen LogP contribution >= 0.6 is 0 Å². The molecule has 108 valence electrons. The van der Waals surface area contributed by atoms with Crippen molar-refractivity contribution >= 4 is 0 Å². The van der Waals surface area contributed by atoms with Gasteiger partial charge >= 0.3 is 0 Å². The lowest BCUT2D eigenvalue weighted by atomic mass is 9.92. The van der Waals surface area contributed by atoms with Gasteiger partial charge in [0.1, 0.15) is 0 Å².